The molecule has 4 aromatic rings. The van der Waals surface area contributed by atoms with Gasteiger partial charge in [0, 0.05) is 78.8 Å². The summed E-state index contributed by atoms with van der Waals surface area (Å²) in [5.74, 6) is 0.792. The van der Waals surface area contributed by atoms with Gasteiger partial charge in [-0.05, 0) is 77.1 Å². The summed E-state index contributed by atoms with van der Waals surface area (Å²) in [6.07, 6.45) is 3.91. The van der Waals surface area contributed by atoms with E-state index in [0.717, 1.165) is 18.7 Å². The fraction of sp³-hybridized carbons (Fsp3) is 0.395. The summed E-state index contributed by atoms with van der Waals surface area (Å²) < 4.78 is 12.5. The van der Waals surface area contributed by atoms with Crippen LogP contribution in [0.4, 0.5) is 11.6 Å². The number of benzene rings is 2. The van der Waals surface area contributed by atoms with Crippen molar-refractivity contribution >= 4 is 40.2 Å². The average Bonchev–Trinajstić information content (AvgIpc) is 3.12. The molecule has 3 heterocycles. The lowest BCUT2D eigenvalue weighted by Gasteiger charge is -2.48. The number of aromatic nitrogens is 3. The molecule has 12 nitrogen and oxygen atoms in total. The molecule has 1 aliphatic rings. The highest BCUT2D eigenvalue weighted by Crippen LogP contribution is 2.38. The summed E-state index contributed by atoms with van der Waals surface area (Å²) in [4.78, 5) is 41.0. The van der Waals surface area contributed by atoms with Crippen molar-refractivity contribution < 1.29 is 14.3 Å². The molecule has 0 radical (unpaired) electrons. The minimum absolute atomic E-state index is 0.0612. The monoisotopic (exact) mass is 712 g/mol. The molecule has 0 unspecified atom stereocenters. The fourth-order valence-electron chi connectivity index (χ4n) is 6.38. The first-order valence-corrected chi connectivity index (χ1v) is 17.2. The molecule has 1 amide bonds. The minimum atomic E-state index is -0.488. The molecule has 1 fully saturated rings. The maximum atomic E-state index is 14.1. The summed E-state index contributed by atoms with van der Waals surface area (Å²) in [6, 6.07) is 15.3. The Morgan fingerprint density at radius 3 is 2.39 bits per heavy atom. The second-order valence-corrected chi connectivity index (χ2v) is 13.8. The summed E-state index contributed by atoms with van der Waals surface area (Å²) in [7, 11) is 6.88. The van der Waals surface area contributed by atoms with Crippen LogP contribution < -0.4 is 25.7 Å². The third kappa shape index (κ3) is 8.01. The number of amides is 1. The maximum Gasteiger partial charge on any atom is 0.266 e. The van der Waals surface area contributed by atoms with Gasteiger partial charge in [0.2, 0.25) is 5.95 Å². The molecular weight excluding hydrogens is 668 g/mol. The number of fused-ring (bicyclic) bond motifs is 1. The van der Waals surface area contributed by atoms with E-state index in [9.17, 15) is 14.9 Å². The Hall–Kier alpha value is -4.96. The number of ether oxygens (including phenoxy) is 2. The third-order valence-corrected chi connectivity index (χ3v) is 10.1. The van der Waals surface area contributed by atoms with Crippen molar-refractivity contribution in [2.75, 3.05) is 52.0 Å². The number of nitrogens with one attached hydrogen (secondary N) is 2. The van der Waals surface area contributed by atoms with Gasteiger partial charge in [-0.3, -0.25) is 24.0 Å². The summed E-state index contributed by atoms with van der Waals surface area (Å²) in [6.45, 7) is 10.4. The van der Waals surface area contributed by atoms with Crippen molar-refractivity contribution in [3.8, 4) is 28.7 Å². The molecule has 268 valence electrons. The predicted molar refractivity (Wildman–Crippen MR) is 202 cm³/mol. The first kappa shape index (κ1) is 37.3. The van der Waals surface area contributed by atoms with E-state index >= 15 is 0 Å². The molecule has 1 saturated heterocycles. The van der Waals surface area contributed by atoms with Gasteiger partial charge in [0.15, 0.2) is 0 Å². The minimum Gasteiger partial charge on any atom is -0.497 e. The number of likely N-dealkylation sites (N-methyl/N-ethyl adjacent to an activating group) is 1. The van der Waals surface area contributed by atoms with E-state index < -0.39 is 11.4 Å². The number of methoxy groups -OCH3 is 2. The molecule has 2 N–H and O–H groups in total. The topological polar surface area (TPSA) is 138 Å². The quantitative estimate of drug-likeness (QED) is 0.149. The van der Waals surface area contributed by atoms with Crippen molar-refractivity contribution in [3.05, 3.63) is 81.3 Å². The summed E-state index contributed by atoms with van der Waals surface area (Å²) in [5, 5.41) is 16.7. The number of hydrogen-bond acceptors (Lipinski definition) is 10. The number of hydrogen-bond donors (Lipinski definition) is 2. The number of anilines is 2. The van der Waals surface area contributed by atoms with Crippen molar-refractivity contribution in [1.82, 2.24) is 24.3 Å². The Bertz CT molecular complexity index is 2040. The smallest absolute Gasteiger partial charge is 0.266 e. The molecular formula is C38H45ClN8O4. The number of nitrogens with zero attached hydrogens (tertiary/aromatic N) is 6. The maximum absolute atomic E-state index is 14.1. The normalized spacial score (nSPS) is 17.2. The molecule has 0 spiro atoms. The van der Waals surface area contributed by atoms with Gasteiger partial charge < -0.3 is 20.1 Å². The number of carbonyl (C=O) groups is 1. The van der Waals surface area contributed by atoms with E-state index in [2.05, 4.69) is 57.4 Å². The number of halogens is 1. The molecule has 0 bridgehead atoms. The average molecular weight is 713 g/mol. The van der Waals surface area contributed by atoms with Gasteiger partial charge in [-0.2, -0.15) is 10.2 Å². The van der Waals surface area contributed by atoms with E-state index in [0.29, 0.717) is 70.3 Å². The van der Waals surface area contributed by atoms with Crippen LogP contribution in [0.25, 0.3) is 22.2 Å². The first-order chi connectivity index (χ1) is 24.3. The van der Waals surface area contributed by atoms with Crippen LogP contribution in [-0.2, 0) is 17.8 Å². The molecule has 0 saturated carbocycles. The van der Waals surface area contributed by atoms with Crippen molar-refractivity contribution in [3.63, 3.8) is 0 Å². The van der Waals surface area contributed by atoms with Crippen molar-refractivity contribution in [2.24, 2.45) is 0 Å². The second-order valence-electron chi connectivity index (χ2n) is 13.4. The van der Waals surface area contributed by atoms with Gasteiger partial charge in [0.05, 0.1) is 19.2 Å². The van der Waals surface area contributed by atoms with Gasteiger partial charge in [0.25, 0.3) is 11.5 Å². The highest BCUT2D eigenvalue weighted by Gasteiger charge is 2.35. The Labute approximate surface area is 303 Å². The molecule has 5 rings (SSSR count). The molecule has 2 aromatic carbocycles. The van der Waals surface area contributed by atoms with Crippen LogP contribution in [0.1, 0.15) is 33.3 Å². The van der Waals surface area contributed by atoms with Gasteiger partial charge in [0.1, 0.15) is 28.8 Å². The molecule has 0 aliphatic carbocycles. The van der Waals surface area contributed by atoms with Crippen molar-refractivity contribution in [2.45, 2.75) is 58.3 Å². The molecule has 51 heavy (non-hydrogen) atoms. The van der Waals surface area contributed by atoms with Crippen LogP contribution in [0, 0.1) is 11.3 Å². The Morgan fingerprint density at radius 1 is 1.10 bits per heavy atom. The Morgan fingerprint density at radius 2 is 1.78 bits per heavy atom. The second kappa shape index (κ2) is 15.5. The zero-order valence-electron chi connectivity index (χ0n) is 30.4. The molecule has 2 aromatic heterocycles. The fourth-order valence-corrected chi connectivity index (χ4v) is 6.67. The lowest BCUT2D eigenvalue weighted by molar-refractivity contribution is -0.112. The highest BCUT2D eigenvalue weighted by atomic mass is 35.5. The molecule has 1 aliphatic heterocycles. The predicted octanol–water partition coefficient (Wildman–Crippen LogP) is 5.60. The van der Waals surface area contributed by atoms with E-state index in [1.807, 2.05) is 26.0 Å². The van der Waals surface area contributed by atoms with Gasteiger partial charge >= 0.3 is 0 Å². The zero-order chi connectivity index (χ0) is 37.0. The Kier molecular flexibility index (Phi) is 11.3. The van der Waals surface area contributed by atoms with E-state index in [1.165, 1.54) is 14.2 Å². The lowest BCUT2D eigenvalue weighted by atomic mass is 9.95. The first-order valence-electron chi connectivity index (χ1n) is 16.8. The largest absolute Gasteiger partial charge is 0.497 e. The van der Waals surface area contributed by atoms with E-state index in [1.54, 1.807) is 54.2 Å². The summed E-state index contributed by atoms with van der Waals surface area (Å²) in [5.41, 5.74) is 2.06. The van der Waals surface area contributed by atoms with E-state index in [4.69, 9.17) is 21.1 Å². The van der Waals surface area contributed by atoms with Gasteiger partial charge in [-0.15, -0.1) is 0 Å². The van der Waals surface area contributed by atoms with Gasteiger partial charge in [-0.1, -0.05) is 23.7 Å². The van der Waals surface area contributed by atoms with E-state index in [-0.39, 0.29) is 16.2 Å². The zero-order valence-corrected chi connectivity index (χ0v) is 31.1. The summed E-state index contributed by atoms with van der Waals surface area (Å²) >= 11 is 6.71. The number of rotatable bonds is 11. The number of aryl methyl sites for hydroxylation is 2. The van der Waals surface area contributed by atoms with Crippen LogP contribution in [0.2, 0.25) is 5.02 Å². The van der Waals surface area contributed by atoms with Crippen LogP contribution >= 0.6 is 11.6 Å². The highest BCUT2D eigenvalue weighted by molar-refractivity contribution is 6.35. The lowest BCUT2D eigenvalue weighted by Crippen LogP contribution is -2.60. The van der Waals surface area contributed by atoms with Crippen LogP contribution in [0.3, 0.4) is 0 Å². The third-order valence-electron chi connectivity index (χ3n) is 9.68. The van der Waals surface area contributed by atoms with Crippen LogP contribution in [0.5, 0.6) is 11.5 Å². The number of piperazine rings is 1. The number of carbonyl (C=O) groups excluding carboxylic acids is 1. The molecule has 13 heteroatoms. The number of nitriles is 1. The standard InChI is InChI=1S/C38H45ClN8O4/c1-23-21-46(22-24(2)45(23)6)38(3,4)18-27(19-40)35(48)43-28-11-9-25(10-12-28)13-14-47-34-26(20-42-37(41-5)44-34)15-31(36(47)49)30-16-29(50-7)17-32(51-8)33(30)39/h9-12,15-18,20,23-24H,13-14,21-22H2,1-8H3,(H,43,48)(H,41,42,44)/b27-18+/t23-,24+. The van der Waals surface area contributed by atoms with Gasteiger partial charge in [-0.25, -0.2) is 4.98 Å². The van der Waals surface area contributed by atoms with Crippen LogP contribution in [-0.4, -0.2) is 89.3 Å². The molecule has 2 atom stereocenters. The van der Waals surface area contributed by atoms with Crippen molar-refractivity contribution in [1.29, 1.82) is 5.26 Å². The Balaban J connectivity index is 1.37. The SMILES string of the molecule is CNc1ncc2cc(-c3cc(OC)cc(OC)c3Cl)c(=O)n(CCc3ccc(NC(=O)/C(C#N)=C/C(C)(C)N4C[C@@H](C)N(C)[C@@H](C)C4)cc3)c2n1. The van der Waals surface area contributed by atoms with Crippen LogP contribution in [0.15, 0.2) is 65.1 Å². The number of pyridine rings is 1.